The molecule has 19 heavy (non-hydrogen) atoms. The van der Waals surface area contributed by atoms with Crippen LogP contribution >= 0.6 is 43.6 Å². The second kappa shape index (κ2) is 7.31. The Morgan fingerprint density at radius 2 is 2.05 bits per heavy atom. The van der Waals surface area contributed by atoms with Crippen molar-refractivity contribution in [3.63, 3.8) is 0 Å². The minimum absolute atomic E-state index is 0.0903. The number of anilines is 1. The Labute approximate surface area is 135 Å². The highest BCUT2D eigenvalue weighted by atomic mass is 79.9. The zero-order valence-electron chi connectivity index (χ0n) is 10.6. The predicted octanol–water partition coefficient (Wildman–Crippen LogP) is 3.21. The fraction of sp³-hybridized carbons (Fsp3) is 0.455. The van der Waals surface area contributed by atoms with Gasteiger partial charge in [0.1, 0.15) is 4.90 Å². The van der Waals surface area contributed by atoms with Crippen LogP contribution in [-0.4, -0.2) is 26.5 Å². The first-order valence-corrected chi connectivity index (χ1v) is 9.90. The van der Waals surface area contributed by atoms with Crippen LogP contribution in [0, 0.1) is 0 Å². The monoisotopic (exact) mass is 430 g/mol. The van der Waals surface area contributed by atoms with E-state index < -0.39 is 10.0 Å². The molecule has 0 bridgehead atoms. The highest BCUT2D eigenvalue weighted by Gasteiger charge is 2.21. The number of thioether (sulfide) groups is 1. The molecule has 0 amide bonds. The fourth-order valence-corrected chi connectivity index (χ4v) is 4.92. The minimum Gasteiger partial charge on any atom is -0.398 e. The van der Waals surface area contributed by atoms with Crippen LogP contribution in [0.3, 0.4) is 0 Å². The summed E-state index contributed by atoms with van der Waals surface area (Å²) in [6.45, 7) is 2.45. The maximum absolute atomic E-state index is 12.2. The number of nitrogen functional groups attached to an aromatic ring is 1. The molecular formula is C11H16Br2N2O2S2. The van der Waals surface area contributed by atoms with Crippen LogP contribution < -0.4 is 10.5 Å². The standard InChI is InChI=1S/C11H16Br2N2O2S2/c1-7(18-2)3-4-15-19(16,17)11-9(13)5-8(12)6-10(11)14/h5-7,15H,3-4,14H2,1-2H3. The molecule has 1 rings (SSSR count). The first kappa shape index (κ1) is 17.3. The van der Waals surface area contributed by atoms with Crippen LogP contribution in [0.1, 0.15) is 13.3 Å². The predicted molar refractivity (Wildman–Crippen MR) is 89.0 cm³/mol. The van der Waals surface area contributed by atoms with Crippen molar-refractivity contribution in [3.8, 4) is 0 Å². The smallest absolute Gasteiger partial charge is 0.243 e. The molecule has 1 atom stereocenters. The van der Waals surface area contributed by atoms with Crippen molar-refractivity contribution in [1.29, 1.82) is 0 Å². The lowest BCUT2D eigenvalue weighted by Gasteiger charge is -2.13. The molecule has 3 N–H and O–H groups in total. The number of benzene rings is 1. The molecule has 0 aromatic heterocycles. The van der Waals surface area contributed by atoms with Crippen LogP contribution in [0.5, 0.6) is 0 Å². The average molecular weight is 432 g/mol. The molecule has 0 aliphatic heterocycles. The first-order chi connectivity index (χ1) is 8.77. The number of nitrogens with one attached hydrogen (secondary N) is 1. The van der Waals surface area contributed by atoms with Gasteiger partial charge in [-0.05, 0) is 40.7 Å². The Morgan fingerprint density at radius 3 is 2.58 bits per heavy atom. The van der Waals surface area contributed by atoms with Crippen LogP contribution in [-0.2, 0) is 10.0 Å². The van der Waals surface area contributed by atoms with E-state index in [9.17, 15) is 8.42 Å². The molecule has 108 valence electrons. The normalized spacial score (nSPS) is 13.5. The zero-order chi connectivity index (χ0) is 14.6. The summed E-state index contributed by atoms with van der Waals surface area (Å²) in [6.07, 6.45) is 2.77. The van der Waals surface area contributed by atoms with Gasteiger partial charge < -0.3 is 5.73 Å². The van der Waals surface area contributed by atoms with Gasteiger partial charge in [0.25, 0.3) is 0 Å². The van der Waals surface area contributed by atoms with Crippen molar-refractivity contribution in [2.75, 3.05) is 18.5 Å². The van der Waals surface area contributed by atoms with Crippen molar-refractivity contribution in [2.24, 2.45) is 0 Å². The summed E-state index contributed by atoms with van der Waals surface area (Å²) >= 11 is 8.21. The number of hydrogen-bond acceptors (Lipinski definition) is 4. The number of hydrogen-bond donors (Lipinski definition) is 2. The quantitative estimate of drug-likeness (QED) is 0.678. The van der Waals surface area contributed by atoms with Crippen molar-refractivity contribution < 1.29 is 8.42 Å². The van der Waals surface area contributed by atoms with Gasteiger partial charge in [0, 0.05) is 20.7 Å². The topological polar surface area (TPSA) is 72.2 Å². The Hall–Kier alpha value is 0.240. The third kappa shape index (κ3) is 4.93. The maximum atomic E-state index is 12.2. The zero-order valence-corrected chi connectivity index (χ0v) is 15.4. The number of sulfonamides is 1. The first-order valence-electron chi connectivity index (χ1n) is 5.55. The van der Waals surface area contributed by atoms with Gasteiger partial charge in [-0.15, -0.1) is 0 Å². The van der Waals surface area contributed by atoms with E-state index in [4.69, 9.17) is 5.73 Å². The molecule has 1 aromatic carbocycles. The molecule has 0 spiro atoms. The molecule has 0 saturated heterocycles. The molecule has 1 unspecified atom stereocenters. The van der Waals surface area contributed by atoms with Crippen LogP contribution in [0.4, 0.5) is 5.69 Å². The van der Waals surface area contributed by atoms with Crippen LogP contribution in [0.15, 0.2) is 26.0 Å². The lowest BCUT2D eigenvalue weighted by Crippen LogP contribution is -2.27. The van der Waals surface area contributed by atoms with Gasteiger partial charge in [-0.3, -0.25) is 0 Å². The molecule has 1 aromatic rings. The van der Waals surface area contributed by atoms with E-state index in [1.165, 1.54) is 0 Å². The summed E-state index contributed by atoms with van der Waals surface area (Å²) in [5.41, 5.74) is 6.00. The number of nitrogens with two attached hydrogens (primary N) is 1. The highest BCUT2D eigenvalue weighted by molar-refractivity contribution is 9.11. The van der Waals surface area contributed by atoms with E-state index in [0.717, 1.165) is 10.9 Å². The van der Waals surface area contributed by atoms with E-state index in [2.05, 4.69) is 43.5 Å². The Kier molecular flexibility index (Phi) is 6.65. The van der Waals surface area contributed by atoms with Gasteiger partial charge in [0.2, 0.25) is 10.0 Å². The minimum atomic E-state index is -3.59. The molecule has 0 heterocycles. The Bertz CT molecular complexity index is 527. The number of rotatable bonds is 6. The lowest BCUT2D eigenvalue weighted by atomic mass is 10.3. The highest BCUT2D eigenvalue weighted by Crippen LogP contribution is 2.31. The number of halogens is 2. The summed E-state index contributed by atoms with van der Waals surface area (Å²) in [7, 11) is -3.59. The average Bonchev–Trinajstić information content (AvgIpc) is 2.26. The van der Waals surface area contributed by atoms with Gasteiger partial charge in [-0.25, -0.2) is 13.1 Å². The summed E-state index contributed by atoms with van der Waals surface area (Å²) in [5.74, 6) is 0. The summed E-state index contributed by atoms with van der Waals surface area (Å²) < 4.78 is 28.2. The molecule has 0 saturated carbocycles. The van der Waals surface area contributed by atoms with E-state index in [0.29, 0.717) is 16.3 Å². The van der Waals surface area contributed by atoms with Crippen molar-refractivity contribution in [3.05, 3.63) is 21.1 Å². The summed E-state index contributed by atoms with van der Waals surface area (Å²) in [4.78, 5) is 0.0903. The third-order valence-electron chi connectivity index (χ3n) is 2.55. The molecule has 0 aliphatic carbocycles. The van der Waals surface area contributed by atoms with Gasteiger partial charge in [-0.2, -0.15) is 11.8 Å². The summed E-state index contributed by atoms with van der Waals surface area (Å²) in [6, 6.07) is 3.24. The third-order valence-corrected chi connectivity index (χ3v) is 6.51. The molecule has 8 heteroatoms. The van der Waals surface area contributed by atoms with E-state index >= 15 is 0 Å². The fourth-order valence-electron chi connectivity index (χ4n) is 1.45. The van der Waals surface area contributed by atoms with Crippen molar-refractivity contribution >= 4 is 59.3 Å². The molecule has 0 aliphatic rings. The molecular weight excluding hydrogens is 416 g/mol. The van der Waals surface area contributed by atoms with E-state index in [1.807, 2.05) is 6.26 Å². The largest absolute Gasteiger partial charge is 0.398 e. The van der Waals surface area contributed by atoms with Crippen LogP contribution in [0.25, 0.3) is 0 Å². The molecule has 0 radical (unpaired) electrons. The second-order valence-electron chi connectivity index (χ2n) is 4.04. The van der Waals surface area contributed by atoms with Crippen LogP contribution in [0.2, 0.25) is 0 Å². The van der Waals surface area contributed by atoms with Crippen molar-refractivity contribution in [2.45, 2.75) is 23.5 Å². The summed E-state index contributed by atoms with van der Waals surface area (Å²) in [5, 5.41) is 0.411. The van der Waals surface area contributed by atoms with E-state index in [1.54, 1.807) is 23.9 Å². The maximum Gasteiger partial charge on any atom is 0.243 e. The van der Waals surface area contributed by atoms with Gasteiger partial charge in [0.15, 0.2) is 0 Å². The SMILES string of the molecule is CSC(C)CCNS(=O)(=O)c1c(N)cc(Br)cc1Br. The molecule has 4 nitrogen and oxygen atoms in total. The van der Waals surface area contributed by atoms with Gasteiger partial charge in [-0.1, -0.05) is 22.9 Å². The van der Waals surface area contributed by atoms with Crippen molar-refractivity contribution in [1.82, 2.24) is 4.72 Å². The Balaban J connectivity index is 2.89. The second-order valence-corrected chi connectivity index (χ2v) is 8.79. The van der Waals surface area contributed by atoms with Gasteiger partial charge in [0.05, 0.1) is 5.69 Å². The lowest BCUT2D eigenvalue weighted by molar-refractivity contribution is 0.579. The van der Waals surface area contributed by atoms with Gasteiger partial charge >= 0.3 is 0 Å². The molecule has 0 fully saturated rings. The Morgan fingerprint density at radius 1 is 1.42 bits per heavy atom. The van der Waals surface area contributed by atoms with E-state index in [-0.39, 0.29) is 10.6 Å².